The largest absolute Gasteiger partial charge is 0.493 e. The molecule has 0 saturated carbocycles. The molecule has 0 spiro atoms. The third-order valence-electron chi connectivity index (χ3n) is 5.59. The number of rotatable bonds is 7. The summed E-state index contributed by atoms with van der Waals surface area (Å²) in [6.45, 7) is 3.82. The fraction of sp³-hybridized carbons (Fsp3) is 0.292. The maximum Gasteiger partial charge on any atom is 0.259 e. The van der Waals surface area contributed by atoms with E-state index < -0.39 is 11.8 Å². The molecule has 2 heterocycles. The van der Waals surface area contributed by atoms with Crippen molar-refractivity contribution in [2.45, 2.75) is 13.5 Å². The van der Waals surface area contributed by atoms with Crippen LogP contribution in [0.2, 0.25) is 0 Å². The summed E-state index contributed by atoms with van der Waals surface area (Å²) in [5.41, 5.74) is 4.40. The van der Waals surface area contributed by atoms with Gasteiger partial charge >= 0.3 is 0 Å². The van der Waals surface area contributed by atoms with E-state index in [1.165, 1.54) is 37.7 Å². The maximum absolute atomic E-state index is 14.3. The molecule has 0 aliphatic carbocycles. The van der Waals surface area contributed by atoms with Gasteiger partial charge in [0.25, 0.3) is 11.8 Å². The van der Waals surface area contributed by atoms with Crippen molar-refractivity contribution in [3.63, 3.8) is 0 Å². The van der Waals surface area contributed by atoms with Crippen molar-refractivity contribution in [3.8, 4) is 11.5 Å². The van der Waals surface area contributed by atoms with E-state index in [0.29, 0.717) is 40.6 Å². The number of fused-ring (bicyclic) bond motifs is 3. The van der Waals surface area contributed by atoms with Crippen LogP contribution in [0.15, 0.2) is 41.5 Å². The van der Waals surface area contributed by atoms with Gasteiger partial charge in [-0.2, -0.15) is 5.10 Å². The Hall–Kier alpha value is -3.50. The molecule has 1 aliphatic heterocycles. The lowest BCUT2D eigenvalue weighted by Crippen LogP contribution is -2.38. The van der Waals surface area contributed by atoms with Crippen LogP contribution in [0.1, 0.15) is 27.7 Å². The van der Waals surface area contributed by atoms with Crippen LogP contribution in [0.5, 0.6) is 11.5 Å². The monoisotopic (exact) mass is 484 g/mol. The zero-order valence-electron chi connectivity index (χ0n) is 19.1. The highest BCUT2D eigenvalue weighted by molar-refractivity contribution is 7.19. The molecule has 0 radical (unpaired) electrons. The van der Waals surface area contributed by atoms with Gasteiger partial charge in [-0.05, 0) is 30.8 Å². The Morgan fingerprint density at radius 1 is 1.15 bits per heavy atom. The van der Waals surface area contributed by atoms with Gasteiger partial charge in [0, 0.05) is 34.5 Å². The second-order valence-corrected chi connectivity index (χ2v) is 8.77. The van der Waals surface area contributed by atoms with Crippen LogP contribution in [0.25, 0.3) is 10.1 Å². The van der Waals surface area contributed by atoms with Crippen LogP contribution in [0.3, 0.4) is 0 Å². The second-order valence-electron chi connectivity index (χ2n) is 7.67. The van der Waals surface area contributed by atoms with Gasteiger partial charge in [0.05, 0.1) is 31.2 Å². The minimum atomic E-state index is -0.470. The number of likely N-dealkylation sites (N-methyl/N-ethyl adjacent to an activating group) is 1. The number of nitrogens with zero attached hydrogens (tertiary/aromatic N) is 2. The first kappa shape index (κ1) is 23.7. The van der Waals surface area contributed by atoms with Gasteiger partial charge in [-0.1, -0.05) is 19.1 Å². The number of hydrazone groups is 1. The van der Waals surface area contributed by atoms with Gasteiger partial charge in [-0.25, -0.2) is 9.82 Å². The average molecular weight is 485 g/mol. The Labute approximate surface area is 200 Å². The zero-order valence-corrected chi connectivity index (χ0v) is 19.9. The summed E-state index contributed by atoms with van der Waals surface area (Å²) in [5.74, 6) is -0.246. The number of halogens is 1. The number of hydrogen-bond donors (Lipinski definition) is 2. The number of nitrogens with one attached hydrogen (secondary N) is 2. The number of carbonyl (C=O) groups is 2. The summed E-state index contributed by atoms with van der Waals surface area (Å²) in [5, 5.41) is 7.72. The molecule has 4 rings (SSSR count). The Morgan fingerprint density at radius 3 is 2.68 bits per heavy atom. The van der Waals surface area contributed by atoms with Crippen LogP contribution >= 0.6 is 11.3 Å². The summed E-state index contributed by atoms with van der Waals surface area (Å²) in [4.78, 5) is 28.0. The van der Waals surface area contributed by atoms with E-state index in [-0.39, 0.29) is 12.4 Å². The molecular formula is C24H25FN4O4S. The summed E-state index contributed by atoms with van der Waals surface area (Å²) < 4.78 is 25.3. The van der Waals surface area contributed by atoms with Crippen molar-refractivity contribution in [1.82, 2.24) is 15.6 Å². The standard InChI is InChI=1S/C24H25FN4O4S/c1-4-29-12-17(22-15-6-5-7-16(25)23(15)34-20(22)13-29)27-28-21(30)11-26-24(31)14-8-9-18(32-2)19(10-14)33-3/h5-10H,4,11-13H2,1-3H3,(H,26,31)(H,28,30). The fourth-order valence-corrected chi connectivity index (χ4v) is 5.10. The first-order chi connectivity index (χ1) is 16.4. The Morgan fingerprint density at radius 2 is 1.94 bits per heavy atom. The predicted molar refractivity (Wildman–Crippen MR) is 129 cm³/mol. The van der Waals surface area contributed by atoms with E-state index in [1.807, 2.05) is 13.0 Å². The predicted octanol–water partition coefficient (Wildman–Crippen LogP) is 3.14. The molecule has 8 nitrogen and oxygen atoms in total. The SMILES string of the molecule is CCN1CC(=NNC(=O)CNC(=O)c2ccc(OC)c(OC)c2)c2c(sc3c(F)cccc23)C1. The van der Waals surface area contributed by atoms with Crippen LogP contribution in [0.4, 0.5) is 4.39 Å². The highest BCUT2D eigenvalue weighted by Gasteiger charge is 2.26. The lowest BCUT2D eigenvalue weighted by Gasteiger charge is -2.26. The van der Waals surface area contributed by atoms with Gasteiger partial charge in [0.2, 0.25) is 0 Å². The Kier molecular flexibility index (Phi) is 7.09. The van der Waals surface area contributed by atoms with Crippen molar-refractivity contribution in [2.75, 3.05) is 33.9 Å². The number of carbonyl (C=O) groups excluding carboxylic acids is 2. The molecule has 2 aromatic carbocycles. The molecule has 0 saturated heterocycles. The minimum absolute atomic E-state index is 0.257. The molecule has 0 unspecified atom stereocenters. The van der Waals surface area contributed by atoms with Gasteiger partial charge < -0.3 is 14.8 Å². The normalized spacial score (nSPS) is 14.6. The number of amides is 2. The summed E-state index contributed by atoms with van der Waals surface area (Å²) in [6, 6.07) is 9.73. The first-order valence-electron chi connectivity index (χ1n) is 10.7. The zero-order chi connectivity index (χ0) is 24.2. The highest BCUT2D eigenvalue weighted by atomic mass is 32.1. The lowest BCUT2D eigenvalue weighted by atomic mass is 10.0. The van der Waals surface area contributed by atoms with E-state index in [2.05, 4.69) is 20.7 Å². The van der Waals surface area contributed by atoms with Gasteiger partial charge in [0.1, 0.15) is 5.82 Å². The quantitative estimate of drug-likeness (QED) is 0.503. The van der Waals surface area contributed by atoms with Gasteiger partial charge in [-0.15, -0.1) is 11.3 Å². The molecule has 0 fully saturated rings. The molecular weight excluding hydrogens is 459 g/mol. The molecule has 0 bridgehead atoms. The topological polar surface area (TPSA) is 92.3 Å². The van der Waals surface area contributed by atoms with Crippen LogP contribution in [-0.4, -0.2) is 56.3 Å². The van der Waals surface area contributed by atoms with E-state index in [0.717, 1.165) is 22.4 Å². The Bertz CT molecular complexity index is 1270. The van der Waals surface area contributed by atoms with E-state index in [4.69, 9.17) is 9.47 Å². The summed E-state index contributed by atoms with van der Waals surface area (Å²) >= 11 is 1.41. The van der Waals surface area contributed by atoms with Crippen LogP contribution in [0, 0.1) is 5.82 Å². The molecule has 3 aromatic rings. The smallest absolute Gasteiger partial charge is 0.259 e. The summed E-state index contributed by atoms with van der Waals surface area (Å²) in [7, 11) is 2.99. The highest BCUT2D eigenvalue weighted by Crippen LogP contribution is 2.36. The molecule has 178 valence electrons. The number of methoxy groups -OCH3 is 2. The maximum atomic E-state index is 14.3. The third kappa shape index (κ3) is 4.73. The Balaban J connectivity index is 1.46. The van der Waals surface area contributed by atoms with Crippen LogP contribution in [-0.2, 0) is 11.3 Å². The number of benzene rings is 2. The molecule has 10 heteroatoms. The number of ether oxygens (including phenoxy) is 2. The summed E-state index contributed by atoms with van der Waals surface area (Å²) in [6.07, 6.45) is 0. The third-order valence-corrected chi connectivity index (χ3v) is 6.79. The minimum Gasteiger partial charge on any atom is -0.493 e. The van der Waals surface area contributed by atoms with E-state index in [1.54, 1.807) is 18.2 Å². The lowest BCUT2D eigenvalue weighted by molar-refractivity contribution is -0.120. The molecule has 1 aliphatic rings. The molecule has 2 N–H and O–H groups in total. The van der Waals surface area contributed by atoms with Crippen molar-refractivity contribution in [3.05, 3.63) is 58.2 Å². The average Bonchev–Trinajstić information content (AvgIpc) is 3.25. The van der Waals surface area contributed by atoms with E-state index >= 15 is 0 Å². The van der Waals surface area contributed by atoms with E-state index in [9.17, 15) is 14.0 Å². The molecule has 0 atom stereocenters. The number of hydrogen-bond acceptors (Lipinski definition) is 7. The molecule has 2 amide bonds. The van der Waals surface area contributed by atoms with Crippen molar-refractivity contribution in [2.24, 2.45) is 5.10 Å². The van der Waals surface area contributed by atoms with Crippen molar-refractivity contribution < 1.29 is 23.5 Å². The van der Waals surface area contributed by atoms with Crippen LogP contribution < -0.4 is 20.2 Å². The van der Waals surface area contributed by atoms with Gasteiger partial charge in [-0.3, -0.25) is 14.5 Å². The number of thiophene rings is 1. The van der Waals surface area contributed by atoms with Crippen molar-refractivity contribution in [1.29, 1.82) is 0 Å². The fourth-order valence-electron chi connectivity index (χ4n) is 3.84. The first-order valence-corrected chi connectivity index (χ1v) is 11.5. The van der Waals surface area contributed by atoms with Gasteiger partial charge in [0.15, 0.2) is 11.5 Å². The van der Waals surface area contributed by atoms with Crippen molar-refractivity contribution >= 4 is 38.9 Å². The second kappa shape index (κ2) is 10.2. The molecule has 1 aromatic heterocycles. The molecule has 34 heavy (non-hydrogen) atoms.